The molecule has 0 aliphatic rings. The number of H-pyrrole nitrogens is 1. The van der Waals surface area contributed by atoms with Crippen LogP contribution in [0.5, 0.6) is 0 Å². The maximum atomic E-state index is 6.53. The average Bonchev–Trinajstić information content (AvgIpc) is 2.93. The molecule has 0 saturated carbocycles. The highest BCUT2D eigenvalue weighted by Crippen LogP contribution is 2.37. The molecule has 1 aromatic heterocycles. The summed E-state index contributed by atoms with van der Waals surface area (Å²) in [5, 5.41) is 1.99. The van der Waals surface area contributed by atoms with Gasteiger partial charge < -0.3 is 10.7 Å². The predicted molar refractivity (Wildman–Crippen MR) is 100 cm³/mol. The average molecular weight is 327 g/mol. The molecule has 0 atom stereocenters. The third kappa shape index (κ3) is 3.15. The number of fused-ring (bicyclic) bond motifs is 1. The van der Waals surface area contributed by atoms with E-state index >= 15 is 0 Å². The molecule has 120 valence electrons. The van der Waals surface area contributed by atoms with Gasteiger partial charge in [0.15, 0.2) is 0 Å². The monoisotopic (exact) mass is 326 g/mol. The summed E-state index contributed by atoms with van der Waals surface area (Å²) in [4.78, 5) is 3.62. The minimum absolute atomic E-state index is 0.731. The third-order valence-electron chi connectivity index (χ3n) is 4.44. The van der Waals surface area contributed by atoms with Crippen molar-refractivity contribution in [2.24, 2.45) is 5.73 Å². The number of aromatic amines is 1. The topological polar surface area (TPSA) is 41.8 Å². The quantitative estimate of drug-likeness (QED) is 0.607. The van der Waals surface area contributed by atoms with E-state index in [1.54, 1.807) is 0 Å². The van der Waals surface area contributed by atoms with Gasteiger partial charge in [0.05, 0.1) is 10.5 Å². The van der Waals surface area contributed by atoms with Gasteiger partial charge in [-0.1, -0.05) is 47.5 Å². The minimum Gasteiger partial charge on any atom is -0.354 e. The number of hydrogen-bond acceptors (Lipinski definition) is 1. The first-order valence-electron chi connectivity index (χ1n) is 8.18. The van der Waals surface area contributed by atoms with E-state index in [2.05, 4.69) is 49.2 Å². The van der Waals surface area contributed by atoms with Crippen LogP contribution in [0.3, 0.4) is 0 Å². The second-order valence-electron chi connectivity index (χ2n) is 6.20. The first kappa shape index (κ1) is 16.1. The van der Waals surface area contributed by atoms with E-state index < -0.39 is 0 Å². The molecule has 0 saturated heterocycles. The van der Waals surface area contributed by atoms with E-state index in [0.717, 1.165) is 36.3 Å². The summed E-state index contributed by atoms with van der Waals surface area (Å²) in [6.45, 7) is 4.96. The van der Waals surface area contributed by atoms with Crippen LogP contribution < -0.4 is 5.73 Å². The van der Waals surface area contributed by atoms with Crippen molar-refractivity contribution in [3.05, 3.63) is 58.1 Å². The molecule has 0 spiro atoms. The molecule has 0 unspecified atom stereocenters. The number of nitrogens with one attached hydrogen (secondary N) is 1. The molecule has 0 aliphatic heterocycles. The Hall–Kier alpha value is -1.77. The number of hydrogen-bond donors (Lipinski definition) is 2. The summed E-state index contributed by atoms with van der Waals surface area (Å²) >= 11 is 6.53. The van der Waals surface area contributed by atoms with E-state index in [-0.39, 0.29) is 0 Å². The first-order valence-corrected chi connectivity index (χ1v) is 8.56. The Labute approximate surface area is 142 Å². The van der Waals surface area contributed by atoms with Crippen LogP contribution in [-0.2, 0) is 6.42 Å². The van der Waals surface area contributed by atoms with Gasteiger partial charge in [-0.25, -0.2) is 0 Å². The van der Waals surface area contributed by atoms with Crippen molar-refractivity contribution in [1.29, 1.82) is 0 Å². The minimum atomic E-state index is 0.731. The molecule has 0 fully saturated rings. The highest BCUT2D eigenvalue weighted by atomic mass is 35.5. The molecular weight excluding hydrogens is 304 g/mol. The predicted octanol–water partition coefficient (Wildman–Crippen LogP) is 5.39. The highest BCUT2D eigenvalue weighted by Gasteiger charge is 2.16. The molecule has 3 aromatic rings. The van der Waals surface area contributed by atoms with Crippen LogP contribution in [-0.4, -0.2) is 11.5 Å². The van der Waals surface area contributed by atoms with Gasteiger partial charge in [0.2, 0.25) is 0 Å². The number of halogens is 1. The first-order chi connectivity index (χ1) is 11.1. The normalized spacial score (nSPS) is 11.3. The Morgan fingerprint density at radius 3 is 2.43 bits per heavy atom. The zero-order valence-corrected chi connectivity index (χ0v) is 14.5. The van der Waals surface area contributed by atoms with Crippen molar-refractivity contribution < 1.29 is 0 Å². The van der Waals surface area contributed by atoms with Crippen molar-refractivity contribution in [2.45, 2.75) is 33.1 Å². The van der Waals surface area contributed by atoms with E-state index in [1.165, 1.54) is 33.3 Å². The van der Waals surface area contributed by atoms with Gasteiger partial charge in [-0.15, -0.1) is 0 Å². The van der Waals surface area contributed by atoms with Crippen molar-refractivity contribution >= 4 is 22.5 Å². The molecular formula is C20H23ClN2. The standard InChI is InChI=1S/C20H23ClN2/c1-13-6-9-15(10-7-13)20-16(5-3-4-12-22)18-17(21)11-8-14(2)19(18)23-20/h6-11,23H,3-5,12,22H2,1-2H3. The number of benzene rings is 2. The lowest BCUT2D eigenvalue weighted by atomic mass is 9.99. The molecule has 3 N–H and O–H groups in total. The molecule has 0 bridgehead atoms. The lowest BCUT2D eigenvalue weighted by Crippen LogP contribution is -1.99. The number of unbranched alkanes of at least 4 members (excludes halogenated alkanes) is 1. The maximum absolute atomic E-state index is 6.53. The highest BCUT2D eigenvalue weighted by molar-refractivity contribution is 6.36. The fourth-order valence-electron chi connectivity index (χ4n) is 3.13. The Kier molecular flexibility index (Phi) is 4.74. The number of nitrogens with two attached hydrogens (primary N) is 1. The van der Waals surface area contributed by atoms with E-state index in [0.29, 0.717) is 0 Å². The zero-order valence-electron chi connectivity index (χ0n) is 13.7. The summed E-state index contributed by atoms with van der Waals surface area (Å²) in [5.41, 5.74) is 13.0. The lowest BCUT2D eigenvalue weighted by Gasteiger charge is -2.06. The number of aromatic nitrogens is 1. The number of aryl methyl sites for hydroxylation is 3. The van der Waals surface area contributed by atoms with Gasteiger partial charge in [-0.2, -0.15) is 0 Å². The molecule has 3 rings (SSSR count). The van der Waals surface area contributed by atoms with Crippen molar-refractivity contribution in [3.63, 3.8) is 0 Å². The third-order valence-corrected chi connectivity index (χ3v) is 4.75. The summed E-state index contributed by atoms with van der Waals surface area (Å²) in [5.74, 6) is 0. The summed E-state index contributed by atoms with van der Waals surface area (Å²) in [6, 6.07) is 12.7. The lowest BCUT2D eigenvalue weighted by molar-refractivity contribution is 0.748. The Balaban J connectivity index is 2.19. The second-order valence-corrected chi connectivity index (χ2v) is 6.61. The van der Waals surface area contributed by atoms with Crippen molar-refractivity contribution in [1.82, 2.24) is 4.98 Å². The van der Waals surface area contributed by atoms with Crippen LogP contribution >= 0.6 is 11.6 Å². The van der Waals surface area contributed by atoms with Gasteiger partial charge in [0, 0.05) is 11.1 Å². The molecule has 1 heterocycles. The molecule has 2 nitrogen and oxygen atoms in total. The van der Waals surface area contributed by atoms with Crippen LogP contribution in [0.15, 0.2) is 36.4 Å². The van der Waals surface area contributed by atoms with Crippen LogP contribution in [0.2, 0.25) is 5.02 Å². The summed E-state index contributed by atoms with van der Waals surface area (Å²) in [7, 11) is 0. The molecule has 0 radical (unpaired) electrons. The smallest absolute Gasteiger partial charge is 0.0506 e. The fraction of sp³-hybridized carbons (Fsp3) is 0.300. The maximum Gasteiger partial charge on any atom is 0.0506 e. The van der Waals surface area contributed by atoms with Gasteiger partial charge in [0.25, 0.3) is 0 Å². The van der Waals surface area contributed by atoms with E-state index in [4.69, 9.17) is 17.3 Å². The Morgan fingerprint density at radius 2 is 1.74 bits per heavy atom. The van der Waals surface area contributed by atoms with Gasteiger partial charge in [0.1, 0.15) is 0 Å². The van der Waals surface area contributed by atoms with Crippen LogP contribution in [0.25, 0.3) is 22.2 Å². The van der Waals surface area contributed by atoms with Crippen LogP contribution in [0.4, 0.5) is 0 Å². The van der Waals surface area contributed by atoms with E-state index in [1.807, 2.05) is 6.07 Å². The molecule has 3 heteroatoms. The van der Waals surface area contributed by atoms with Crippen molar-refractivity contribution in [2.75, 3.05) is 6.54 Å². The SMILES string of the molecule is Cc1ccc(-c2[nH]c3c(C)ccc(Cl)c3c2CCCCN)cc1. The molecule has 2 aromatic carbocycles. The Morgan fingerprint density at radius 1 is 1.00 bits per heavy atom. The second kappa shape index (κ2) is 6.77. The van der Waals surface area contributed by atoms with Gasteiger partial charge in [-0.05, 0) is 62.4 Å². The van der Waals surface area contributed by atoms with Crippen molar-refractivity contribution in [3.8, 4) is 11.3 Å². The molecule has 0 amide bonds. The Bertz CT molecular complexity index is 816. The fourth-order valence-corrected chi connectivity index (χ4v) is 3.40. The van der Waals surface area contributed by atoms with Crippen LogP contribution in [0.1, 0.15) is 29.5 Å². The van der Waals surface area contributed by atoms with E-state index in [9.17, 15) is 0 Å². The summed E-state index contributed by atoms with van der Waals surface area (Å²) in [6.07, 6.45) is 3.10. The molecule has 0 aliphatic carbocycles. The number of rotatable bonds is 5. The zero-order chi connectivity index (χ0) is 16.4. The summed E-state index contributed by atoms with van der Waals surface area (Å²) < 4.78 is 0. The van der Waals surface area contributed by atoms with Gasteiger partial charge >= 0.3 is 0 Å². The van der Waals surface area contributed by atoms with Gasteiger partial charge in [-0.3, -0.25) is 0 Å². The van der Waals surface area contributed by atoms with Crippen LogP contribution in [0, 0.1) is 13.8 Å². The molecule has 23 heavy (non-hydrogen) atoms. The largest absolute Gasteiger partial charge is 0.354 e.